The van der Waals surface area contributed by atoms with Gasteiger partial charge in [0.05, 0.1) is 10.5 Å². The summed E-state index contributed by atoms with van der Waals surface area (Å²) in [5, 5.41) is 2.89. The van der Waals surface area contributed by atoms with E-state index in [2.05, 4.69) is 10.2 Å². The summed E-state index contributed by atoms with van der Waals surface area (Å²) in [6.45, 7) is 8.10. The van der Waals surface area contributed by atoms with Gasteiger partial charge in [0, 0.05) is 52.0 Å². The van der Waals surface area contributed by atoms with Gasteiger partial charge in [0.15, 0.2) is 0 Å². The van der Waals surface area contributed by atoms with Crippen LogP contribution in [0.2, 0.25) is 0 Å². The highest BCUT2D eigenvalue weighted by Gasteiger charge is 2.30. The molecule has 0 spiro atoms. The molecule has 2 aliphatic heterocycles. The van der Waals surface area contributed by atoms with E-state index in [-0.39, 0.29) is 16.8 Å². The predicted octanol–water partition coefficient (Wildman–Crippen LogP) is 3.06. The van der Waals surface area contributed by atoms with Gasteiger partial charge in [-0.25, -0.2) is 17.5 Å². The molecule has 190 valence electrons. The predicted molar refractivity (Wildman–Crippen MR) is 132 cm³/mol. The van der Waals surface area contributed by atoms with Crippen molar-refractivity contribution in [1.82, 2.24) is 14.5 Å². The van der Waals surface area contributed by atoms with Crippen LogP contribution in [0.15, 0.2) is 23.1 Å². The quantitative estimate of drug-likeness (QED) is 0.676. The second-order valence-electron chi connectivity index (χ2n) is 10.2. The van der Waals surface area contributed by atoms with E-state index >= 15 is 0 Å². The molecule has 2 amide bonds. The van der Waals surface area contributed by atoms with E-state index in [0.29, 0.717) is 31.5 Å². The molecule has 1 aromatic carbocycles. The molecule has 0 atom stereocenters. The molecule has 2 heterocycles. The van der Waals surface area contributed by atoms with E-state index in [0.717, 1.165) is 42.3 Å². The van der Waals surface area contributed by atoms with E-state index in [4.69, 9.17) is 4.74 Å². The highest BCUT2D eigenvalue weighted by atomic mass is 32.2. The van der Waals surface area contributed by atoms with E-state index in [1.165, 1.54) is 20.2 Å². The number of rotatable bonds is 5. The van der Waals surface area contributed by atoms with Crippen molar-refractivity contribution in [1.29, 1.82) is 0 Å². The Hall–Kier alpha value is -2.33. The van der Waals surface area contributed by atoms with Crippen LogP contribution >= 0.6 is 0 Å². The minimum atomic E-state index is -3.67. The molecule has 0 aromatic heterocycles. The second-order valence-corrected chi connectivity index (χ2v) is 12.4. The molecule has 9 nitrogen and oxygen atoms in total. The van der Waals surface area contributed by atoms with Crippen molar-refractivity contribution in [3.63, 3.8) is 0 Å². The smallest absolute Gasteiger partial charge is 0.407 e. The SMILES string of the molecule is CN(C)S(=O)(=O)c1ccc(N2CCCCC2)c(C(=O)N2CCC(NC(=O)OC(C)(C)C)CC2)c1. The van der Waals surface area contributed by atoms with Crippen LogP contribution in [0.25, 0.3) is 0 Å². The molecule has 1 N–H and O–H groups in total. The molecular formula is C24H38N4O5S. The Bertz CT molecular complexity index is 989. The first-order valence-corrected chi connectivity index (χ1v) is 13.4. The first kappa shape index (κ1) is 26.3. The lowest BCUT2D eigenvalue weighted by Crippen LogP contribution is -2.48. The molecule has 3 rings (SSSR count). The highest BCUT2D eigenvalue weighted by Crippen LogP contribution is 2.29. The summed E-state index contributed by atoms with van der Waals surface area (Å²) in [6, 6.07) is 4.81. The van der Waals surface area contributed by atoms with Gasteiger partial charge in [-0.2, -0.15) is 0 Å². The van der Waals surface area contributed by atoms with Gasteiger partial charge in [-0.3, -0.25) is 4.79 Å². The Morgan fingerprint density at radius 2 is 1.65 bits per heavy atom. The molecule has 0 radical (unpaired) electrons. The fourth-order valence-electron chi connectivity index (χ4n) is 4.34. The van der Waals surface area contributed by atoms with Crippen LogP contribution in [0.3, 0.4) is 0 Å². The number of nitrogens with one attached hydrogen (secondary N) is 1. The van der Waals surface area contributed by atoms with Crippen molar-refractivity contribution in [3.8, 4) is 0 Å². The Morgan fingerprint density at radius 3 is 2.21 bits per heavy atom. The summed E-state index contributed by atoms with van der Waals surface area (Å²) in [6.07, 6.45) is 4.02. The molecule has 0 aliphatic carbocycles. The summed E-state index contributed by atoms with van der Waals surface area (Å²) in [5.74, 6) is -0.174. The van der Waals surface area contributed by atoms with Crippen LogP contribution in [0.4, 0.5) is 10.5 Å². The zero-order valence-corrected chi connectivity index (χ0v) is 21.8. The fourth-order valence-corrected chi connectivity index (χ4v) is 5.27. The van der Waals surface area contributed by atoms with Crippen LogP contribution in [0.1, 0.15) is 63.2 Å². The van der Waals surface area contributed by atoms with E-state index in [9.17, 15) is 18.0 Å². The summed E-state index contributed by atoms with van der Waals surface area (Å²) < 4.78 is 32.0. The van der Waals surface area contributed by atoms with Crippen molar-refractivity contribution in [2.75, 3.05) is 45.2 Å². The monoisotopic (exact) mass is 494 g/mol. The fraction of sp³-hybridized carbons (Fsp3) is 0.667. The highest BCUT2D eigenvalue weighted by molar-refractivity contribution is 7.89. The number of amides is 2. The molecule has 10 heteroatoms. The minimum Gasteiger partial charge on any atom is -0.444 e. The van der Waals surface area contributed by atoms with Gasteiger partial charge in [0.1, 0.15) is 5.60 Å². The summed E-state index contributed by atoms with van der Waals surface area (Å²) in [5.41, 5.74) is 0.642. The number of nitrogens with zero attached hydrogens (tertiary/aromatic N) is 3. The Labute approximate surface area is 203 Å². The van der Waals surface area contributed by atoms with E-state index < -0.39 is 21.7 Å². The zero-order valence-electron chi connectivity index (χ0n) is 21.0. The first-order valence-electron chi connectivity index (χ1n) is 12.0. The van der Waals surface area contributed by atoms with Crippen LogP contribution in [-0.4, -0.2) is 81.5 Å². The molecule has 2 aliphatic rings. The van der Waals surface area contributed by atoms with Crippen molar-refractivity contribution in [3.05, 3.63) is 23.8 Å². The van der Waals surface area contributed by atoms with Crippen LogP contribution in [0, 0.1) is 0 Å². The maximum Gasteiger partial charge on any atom is 0.407 e. The Kier molecular flexibility index (Phi) is 8.13. The Balaban J connectivity index is 1.78. The van der Waals surface area contributed by atoms with Crippen molar-refractivity contribution in [2.24, 2.45) is 0 Å². The number of piperidine rings is 2. The van der Waals surface area contributed by atoms with Crippen LogP contribution in [-0.2, 0) is 14.8 Å². The molecule has 0 saturated carbocycles. The number of carbonyl (C=O) groups excluding carboxylic acids is 2. The molecular weight excluding hydrogens is 456 g/mol. The largest absolute Gasteiger partial charge is 0.444 e. The standard InChI is InChI=1S/C24H38N4O5S/c1-24(2,3)33-23(30)25-18-11-15-28(16-12-18)22(29)20-17-19(34(31,32)26(4)5)9-10-21(20)27-13-7-6-8-14-27/h9-10,17-18H,6-8,11-16H2,1-5H3,(H,25,30). The number of hydrogen-bond donors (Lipinski definition) is 1. The van der Waals surface area contributed by atoms with Gasteiger partial charge in [0.25, 0.3) is 5.91 Å². The van der Waals surface area contributed by atoms with Gasteiger partial charge in [-0.15, -0.1) is 0 Å². The minimum absolute atomic E-state index is 0.0686. The number of ether oxygens (including phenoxy) is 1. The van der Waals surface area contributed by atoms with Crippen LogP contribution < -0.4 is 10.2 Å². The molecule has 2 saturated heterocycles. The van der Waals surface area contributed by atoms with E-state index in [1.807, 2.05) is 20.8 Å². The lowest BCUT2D eigenvalue weighted by atomic mass is 10.0. The van der Waals surface area contributed by atoms with Gasteiger partial charge >= 0.3 is 6.09 Å². The topological polar surface area (TPSA) is 99.3 Å². The number of carbonyl (C=O) groups is 2. The summed E-state index contributed by atoms with van der Waals surface area (Å²) in [7, 11) is -0.698. The lowest BCUT2D eigenvalue weighted by molar-refractivity contribution is 0.0473. The third kappa shape index (κ3) is 6.41. The number of benzene rings is 1. The van der Waals surface area contributed by atoms with E-state index in [1.54, 1.807) is 17.0 Å². The third-order valence-electron chi connectivity index (χ3n) is 6.18. The molecule has 2 fully saturated rings. The number of likely N-dealkylation sites (tertiary alicyclic amines) is 1. The first-order chi connectivity index (χ1) is 15.9. The summed E-state index contributed by atoms with van der Waals surface area (Å²) >= 11 is 0. The molecule has 0 bridgehead atoms. The number of alkyl carbamates (subject to hydrolysis) is 1. The summed E-state index contributed by atoms with van der Waals surface area (Å²) in [4.78, 5) is 29.7. The lowest BCUT2D eigenvalue weighted by Gasteiger charge is -2.35. The normalized spacial score (nSPS) is 18.2. The number of sulfonamides is 1. The van der Waals surface area contributed by atoms with Crippen molar-refractivity contribution >= 4 is 27.7 Å². The zero-order chi connectivity index (χ0) is 25.1. The van der Waals surface area contributed by atoms with Crippen molar-refractivity contribution in [2.45, 2.75) is 69.4 Å². The van der Waals surface area contributed by atoms with Crippen LogP contribution in [0.5, 0.6) is 0 Å². The third-order valence-corrected chi connectivity index (χ3v) is 7.99. The maximum atomic E-state index is 13.6. The maximum absolute atomic E-state index is 13.6. The van der Waals surface area contributed by atoms with Crippen molar-refractivity contribution < 1.29 is 22.7 Å². The van der Waals surface area contributed by atoms with Gasteiger partial charge < -0.3 is 19.9 Å². The number of hydrogen-bond acceptors (Lipinski definition) is 6. The average Bonchev–Trinajstić information content (AvgIpc) is 2.78. The molecule has 34 heavy (non-hydrogen) atoms. The molecule has 0 unspecified atom stereocenters. The average molecular weight is 495 g/mol. The van der Waals surface area contributed by atoms with Gasteiger partial charge in [0.2, 0.25) is 10.0 Å². The van der Waals surface area contributed by atoms with Gasteiger partial charge in [-0.1, -0.05) is 0 Å². The molecule has 1 aromatic rings. The number of anilines is 1. The second kappa shape index (κ2) is 10.5. The van der Waals surface area contributed by atoms with Gasteiger partial charge in [-0.05, 0) is 71.1 Å². The Morgan fingerprint density at radius 1 is 1.03 bits per heavy atom.